The Morgan fingerprint density at radius 2 is 1.84 bits per heavy atom. The molecule has 0 amide bonds. The van der Waals surface area contributed by atoms with E-state index in [1.807, 2.05) is 6.07 Å². The summed E-state index contributed by atoms with van der Waals surface area (Å²) in [4.78, 5) is 6.06. The second kappa shape index (κ2) is 10.5. The number of pyridine rings is 1. The lowest BCUT2D eigenvalue weighted by molar-refractivity contribution is 0.288. The zero-order valence-corrected chi connectivity index (χ0v) is 18.7. The molecule has 0 atom stereocenters. The number of aryl methyl sites for hydroxylation is 1. The van der Waals surface area contributed by atoms with Crippen LogP contribution in [0.1, 0.15) is 42.9 Å². The minimum atomic E-state index is 0.571. The van der Waals surface area contributed by atoms with E-state index in [2.05, 4.69) is 78.6 Å². The first-order valence-corrected chi connectivity index (χ1v) is 10.6. The van der Waals surface area contributed by atoms with E-state index in [-0.39, 0.29) is 0 Å². The van der Waals surface area contributed by atoms with Crippen LogP contribution in [0.5, 0.6) is 5.75 Å². The van der Waals surface area contributed by atoms with Crippen LogP contribution in [0.15, 0.2) is 60.9 Å². The lowest BCUT2D eigenvalue weighted by Gasteiger charge is -2.23. The molecule has 1 aliphatic heterocycles. The van der Waals surface area contributed by atoms with Crippen molar-refractivity contribution < 1.29 is 4.74 Å². The molecule has 2 heterocycles. The van der Waals surface area contributed by atoms with Gasteiger partial charge in [0.15, 0.2) is 0 Å². The fraction of sp³-hybridized carbons (Fsp3) is 0.308. The highest BCUT2D eigenvalue weighted by Crippen LogP contribution is 2.32. The lowest BCUT2D eigenvalue weighted by atomic mass is 10.0. The van der Waals surface area contributed by atoms with Gasteiger partial charge in [-0.25, -0.2) is 0 Å². The van der Waals surface area contributed by atoms with Crippen LogP contribution < -0.4 is 15.0 Å². The van der Waals surface area contributed by atoms with Gasteiger partial charge in [0.05, 0.1) is 24.1 Å². The van der Waals surface area contributed by atoms with Gasteiger partial charge in [0, 0.05) is 37.7 Å². The summed E-state index contributed by atoms with van der Waals surface area (Å²) in [7, 11) is 3.87. The van der Waals surface area contributed by atoms with Gasteiger partial charge >= 0.3 is 0 Å². The van der Waals surface area contributed by atoms with E-state index in [0.717, 1.165) is 30.9 Å². The molecular formula is C26H30N4O. The molecule has 0 bridgehead atoms. The van der Waals surface area contributed by atoms with Gasteiger partial charge in [0.1, 0.15) is 11.8 Å². The largest absolute Gasteiger partial charge is 0.493 e. The molecule has 0 spiro atoms. The quantitative estimate of drug-likeness (QED) is 0.576. The molecule has 1 N–H and O–H groups in total. The van der Waals surface area contributed by atoms with Crippen LogP contribution in [0, 0.1) is 11.3 Å². The molecule has 0 saturated carbocycles. The third-order valence-electron chi connectivity index (χ3n) is 5.44. The third-order valence-corrected chi connectivity index (χ3v) is 5.44. The van der Waals surface area contributed by atoms with Crippen molar-refractivity contribution in [1.82, 2.24) is 4.98 Å². The topological polar surface area (TPSA) is 61.2 Å². The highest BCUT2D eigenvalue weighted by Gasteiger charge is 2.13. The number of hydrogen-bond acceptors (Lipinski definition) is 5. The van der Waals surface area contributed by atoms with Crippen molar-refractivity contribution in [3.05, 3.63) is 77.6 Å². The summed E-state index contributed by atoms with van der Waals surface area (Å²) >= 11 is 0. The molecule has 1 aromatic heterocycles. The van der Waals surface area contributed by atoms with Crippen molar-refractivity contribution in [2.24, 2.45) is 0 Å². The van der Waals surface area contributed by atoms with Crippen molar-refractivity contribution in [2.75, 3.05) is 30.9 Å². The number of nitrogens with zero attached hydrogens (tertiary/aromatic N) is 3. The first-order chi connectivity index (χ1) is 15.0. The maximum Gasteiger partial charge on any atom is 0.124 e. The summed E-state index contributed by atoms with van der Waals surface area (Å²) in [6.45, 7) is 5.28. The fourth-order valence-electron chi connectivity index (χ4n) is 3.46. The Hall–Kier alpha value is -3.52. The van der Waals surface area contributed by atoms with Crippen LogP contribution in [0.4, 0.5) is 17.1 Å². The molecule has 5 nitrogen and oxygen atoms in total. The minimum Gasteiger partial charge on any atom is -0.493 e. The molecule has 0 unspecified atom stereocenters. The Labute approximate surface area is 185 Å². The Balaban J connectivity index is 0.000000229. The predicted molar refractivity (Wildman–Crippen MR) is 127 cm³/mol. The van der Waals surface area contributed by atoms with E-state index >= 15 is 0 Å². The molecule has 5 heteroatoms. The molecule has 0 radical (unpaired) electrons. The van der Waals surface area contributed by atoms with Gasteiger partial charge in [0.2, 0.25) is 0 Å². The van der Waals surface area contributed by atoms with E-state index in [0.29, 0.717) is 11.5 Å². The van der Waals surface area contributed by atoms with E-state index in [4.69, 9.17) is 10.00 Å². The van der Waals surface area contributed by atoms with E-state index in [1.54, 1.807) is 25.5 Å². The Bertz CT molecular complexity index is 1040. The summed E-state index contributed by atoms with van der Waals surface area (Å²) in [6.07, 6.45) is 5.47. The van der Waals surface area contributed by atoms with Crippen molar-refractivity contribution in [1.29, 1.82) is 5.26 Å². The number of benzene rings is 2. The van der Waals surface area contributed by atoms with Crippen LogP contribution >= 0.6 is 0 Å². The third kappa shape index (κ3) is 5.55. The summed E-state index contributed by atoms with van der Waals surface area (Å²) in [5, 5.41) is 11.4. The first kappa shape index (κ1) is 22.2. The predicted octanol–water partition coefficient (Wildman–Crippen LogP) is 5.90. The van der Waals surface area contributed by atoms with E-state index in [9.17, 15) is 0 Å². The molecule has 31 heavy (non-hydrogen) atoms. The molecule has 0 saturated heterocycles. The normalized spacial score (nSPS) is 12.0. The SMILES string of the molecule is CC(C)c1ccc(N(C)c2ccc3c(c2)OCCC3)cc1.CNc1cnccc1C#N. The minimum absolute atomic E-state index is 0.571. The van der Waals surface area contributed by atoms with Crippen molar-refractivity contribution in [3.63, 3.8) is 0 Å². The monoisotopic (exact) mass is 414 g/mol. The Kier molecular flexibility index (Phi) is 7.50. The number of rotatable bonds is 4. The molecule has 2 aromatic carbocycles. The van der Waals surface area contributed by atoms with Crippen LogP contribution in [-0.4, -0.2) is 25.7 Å². The number of hydrogen-bond donors (Lipinski definition) is 1. The number of nitrogens with one attached hydrogen (secondary N) is 1. The number of aromatic nitrogens is 1. The van der Waals surface area contributed by atoms with Crippen molar-refractivity contribution in [2.45, 2.75) is 32.6 Å². The van der Waals surface area contributed by atoms with Crippen molar-refractivity contribution >= 4 is 17.1 Å². The first-order valence-electron chi connectivity index (χ1n) is 10.6. The summed E-state index contributed by atoms with van der Waals surface area (Å²) < 4.78 is 5.77. The molecule has 3 aromatic rings. The second-order valence-electron chi connectivity index (χ2n) is 7.83. The smallest absolute Gasteiger partial charge is 0.124 e. The maximum atomic E-state index is 8.53. The number of nitriles is 1. The van der Waals surface area contributed by atoms with Crippen molar-refractivity contribution in [3.8, 4) is 11.8 Å². The second-order valence-corrected chi connectivity index (χ2v) is 7.83. The lowest BCUT2D eigenvalue weighted by Crippen LogP contribution is -2.12. The number of anilines is 3. The molecule has 160 valence electrons. The van der Waals surface area contributed by atoms with E-state index < -0.39 is 0 Å². The van der Waals surface area contributed by atoms with Gasteiger partial charge in [0.25, 0.3) is 0 Å². The zero-order chi connectivity index (χ0) is 22.2. The number of fused-ring (bicyclic) bond motifs is 1. The Morgan fingerprint density at radius 3 is 2.48 bits per heavy atom. The average Bonchev–Trinajstić information content (AvgIpc) is 2.83. The summed E-state index contributed by atoms with van der Waals surface area (Å²) in [5.74, 6) is 1.62. The fourth-order valence-corrected chi connectivity index (χ4v) is 3.46. The highest BCUT2D eigenvalue weighted by atomic mass is 16.5. The molecule has 1 aliphatic rings. The number of ether oxygens (including phenoxy) is 1. The highest BCUT2D eigenvalue weighted by molar-refractivity contribution is 5.65. The molecule has 0 fully saturated rings. The zero-order valence-electron chi connectivity index (χ0n) is 18.7. The van der Waals surface area contributed by atoms with Gasteiger partial charge in [-0.15, -0.1) is 0 Å². The van der Waals surface area contributed by atoms with E-state index in [1.165, 1.54) is 22.5 Å². The Morgan fingerprint density at radius 1 is 1.10 bits per heavy atom. The molecular weight excluding hydrogens is 384 g/mol. The van der Waals surface area contributed by atoms with Gasteiger partial charge in [-0.2, -0.15) is 5.26 Å². The van der Waals surface area contributed by atoms with Crippen LogP contribution in [-0.2, 0) is 6.42 Å². The summed E-state index contributed by atoms with van der Waals surface area (Å²) in [5.41, 5.74) is 6.47. The van der Waals surface area contributed by atoms with Crippen LogP contribution in [0.2, 0.25) is 0 Å². The van der Waals surface area contributed by atoms with Crippen LogP contribution in [0.25, 0.3) is 0 Å². The average molecular weight is 415 g/mol. The molecule has 4 rings (SSSR count). The standard InChI is InChI=1S/C19H23NO.C7H7N3/c1-14(2)15-6-9-17(10-7-15)20(3)18-11-8-16-5-4-12-21-19(16)13-18;1-9-7-5-10-3-2-6(7)4-8/h6-11,13-14H,4-5,12H2,1-3H3;2-3,5,9H,1H3. The molecule has 0 aliphatic carbocycles. The summed E-state index contributed by atoms with van der Waals surface area (Å²) in [6, 6.07) is 19.1. The van der Waals surface area contributed by atoms with Gasteiger partial charge < -0.3 is 15.0 Å². The van der Waals surface area contributed by atoms with Gasteiger partial charge in [-0.1, -0.05) is 32.0 Å². The van der Waals surface area contributed by atoms with Gasteiger partial charge in [-0.3, -0.25) is 4.98 Å². The van der Waals surface area contributed by atoms with Gasteiger partial charge in [-0.05, 0) is 54.2 Å². The maximum absolute atomic E-state index is 8.53. The van der Waals surface area contributed by atoms with Crippen LogP contribution in [0.3, 0.4) is 0 Å².